The maximum atomic E-state index is 10.5. The summed E-state index contributed by atoms with van der Waals surface area (Å²) in [4.78, 5) is 14.0. The molecule has 4 heteroatoms. The van der Waals surface area contributed by atoms with Crippen molar-refractivity contribution in [2.24, 2.45) is 0 Å². The third-order valence-electron chi connectivity index (χ3n) is 3.46. The molecule has 0 aliphatic rings. The molecule has 0 saturated heterocycles. The summed E-state index contributed by atoms with van der Waals surface area (Å²) in [6, 6.07) is 1.96. The lowest BCUT2D eigenvalue weighted by molar-refractivity contribution is -0.131. The van der Waals surface area contributed by atoms with E-state index in [4.69, 9.17) is 5.11 Å². The topological polar surface area (TPSA) is 40.5 Å². The van der Waals surface area contributed by atoms with E-state index in [0.29, 0.717) is 0 Å². The van der Waals surface area contributed by atoms with E-state index in [2.05, 4.69) is 32.7 Å². The van der Waals surface area contributed by atoms with Crippen LogP contribution in [0.25, 0.3) is 6.08 Å². The Morgan fingerprint density at radius 3 is 2.78 bits per heavy atom. The van der Waals surface area contributed by atoms with E-state index >= 15 is 0 Å². The number of nitrogens with zero attached hydrogens (tertiary/aromatic N) is 1. The molecule has 0 atom stereocenters. The zero-order chi connectivity index (χ0) is 13.8. The molecule has 100 valence electrons. The zero-order valence-electron chi connectivity index (χ0n) is 11.4. The van der Waals surface area contributed by atoms with Crippen molar-refractivity contribution in [3.05, 3.63) is 28.0 Å². The Hall–Kier alpha value is -1.13. The smallest absolute Gasteiger partial charge is 0.328 e. The number of thiophene rings is 1. The molecule has 0 aliphatic heterocycles. The Bertz CT molecular complexity index is 435. The van der Waals surface area contributed by atoms with Gasteiger partial charge in [-0.2, -0.15) is 0 Å². The maximum absolute atomic E-state index is 10.5. The van der Waals surface area contributed by atoms with Crippen LogP contribution in [0.1, 0.15) is 37.6 Å². The van der Waals surface area contributed by atoms with E-state index < -0.39 is 5.97 Å². The molecule has 0 spiro atoms. The van der Waals surface area contributed by atoms with Crippen LogP contribution in [0.4, 0.5) is 0 Å². The van der Waals surface area contributed by atoms with Crippen LogP contribution < -0.4 is 0 Å². The Morgan fingerprint density at radius 1 is 1.56 bits per heavy atom. The van der Waals surface area contributed by atoms with Crippen molar-refractivity contribution in [2.45, 2.75) is 39.3 Å². The van der Waals surface area contributed by atoms with Crippen LogP contribution in [0.2, 0.25) is 0 Å². The zero-order valence-corrected chi connectivity index (χ0v) is 12.3. The summed E-state index contributed by atoms with van der Waals surface area (Å²) in [5.74, 6) is -0.908. The summed E-state index contributed by atoms with van der Waals surface area (Å²) in [5, 5.41) is 10.7. The van der Waals surface area contributed by atoms with Gasteiger partial charge in [0.15, 0.2) is 0 Å². The Morgan fingerprint density at radius 2 is 2.22 bits per heavy atom. The van der Waals surface area contributed by atoms with Crippen molar-refractivity contribution >= 4 is 23.4 Å². The molecule has 1 aromatic heterocycles. The second kappa shape index (κ2) is 6.16. The number of carboxylic acid groups (broad SMARTS) is 1. The van der Waals surface area contributed by atoms with Gasteiger partial charge in [-0.15, -0.1) is 11.3 Å². The number of rotatable bonds is 6. The minimum atomic E-state index is -0.908. The average molecular weight is 267 g/mol. The molecule has 0 saturated carbocycles. The van der Waals surface area contributed by atoms with Crippen LogP contribution in [0, 0.1) is 0 Å². The first-order valence-electron chi connectivity index (χ1n) is 6.05. The summed E-state index contributed by atoms with van der Waals surface area (Å²) in [7, 11) is 2.11. The van der Waals surface area contributed by atoms with Gasteiger partial charge in [0.1, 0.15) is 0 Å². The van der Waals surface area contributed by atoms with Gasteiger partial charge in [0, 0.05) is 23.0 Å². The van der Waals surface area contributed by atoms with Crippen molar-refractivity contribution in [1.29, 1.82) is 0 Å². The lowest BCUT2D eigenvalue weighted by Gasteiger charge is -2.34. The fourth-order valence-corrected chi connectivity index (χ4v) is 2.41. The van der Waals surface area contributed by atoms with E-state index in [1.54, 1.807) is 17.4 Å². The van der Waals surface area contributed by atoms with Crippen molar-refractivity contribution in [3.63, 3.8) is 0 Å². The first kappa shape index (κ1) is 14.9. The molecule has 0 aromatic carbocycles. The molecule has 18 heavy (non-hydrogen) atoms. The monoisotopic (exact) mass is 267 g/mol. The predicted molar refractivity (Wildman–Crippen MR) is 76.8 cm³/mol. The molecule has 1 rings (SSSR count). The van der Waals surface area contributed by atoms with Crippen LogP contribution in [-0.2, 0) is 11.3 Å². The fraction of sp³-hybridized carbons (Fsp3) is 0.500. The van der Waals surface area contributed by atoms with E-state index in [1.807, 2.05) is 11.4 Å². The van der Waals surface area contributed by atoms with E-state index in [-0.39, 0.29) is 5.54 Å². The summed E-state index contributed by atoms with van der Waals surface area (Å²) in [6.45, 7) is 7.45. The molecular formula is C14H21NO2S. The molecular weight excluding hydrogens is 246 g/mol. The molecule has 1 heterocycles. The second-order valence-corrected chi connectivity index (χ2v) is 5.99. The standard InChI is InChI=1S/C14H21NO2S/c1-5-14(2,3)15(4)10-12-11(8-9-18-12)6-7-13(16)17/h6-9H,5,10H2,1-4H3,(H,16,17). The van der Waals surface area contributed by atoms with Crippen LogP contribution in [0.15, 0.2) is 17.5 Å². The van der Waals surface area contributed by atoms with Crippen molar-refractivity contribution < 1.29 is 9.90 Å². The summed E-state index contributed by atoms with van der Waals surface area (Å²) in [5.41, 5.74) is 1.15. The molecule has 1 N–H and O–H groups in total. The Kier molecular flexibility index (Phi) is 5.11. The number of aliphatic carboxylic acids is 1. The average Bonchev–Trinajstić information content (AvgIpc) is 2.73. The summed E-state index contributed by atoms with van der Waals surface area (Å²) in [6.07, 6.45) is 3.94. The molecule has 0 amide bonds. The van der Waals surface area contributed by atoms with Gasteiger partial charge in [0.2, 0.25) is 0 Å². The molecule has 0 unspecified atom stereocenters. The van der Waals surface area contributed by atoms with Gasteiger partial charge >= 0.3 is 5.97 Å². The predicted octanol–water partition coefficient (Wildman–Crippen LogP) is 3.47. The van der Waals surface area contributed by atoms with Gasteiger partial charge in [-0.25, -0.2) is 4.79 Å². The van der Waals surface area contributed by atoms with Crippen LogP contribution in [0.3, 0.4) is 0 Å². The highest BCUT2D eigenvalue weighted by Crippen LogP contribution is 2.24. The summed E-state index contributed by atoms with van der Waals surface area (Å²) < 4.78 is 0. The largest absolute Gasteiger partial charge is 0.478 e. The molecule has 0 bridgehead atoms. The number of hydrogen-bond acceptors (Lipinski definition) is 3. The highest BCUT2D eigenvalue weighted by atomic mass is 32.1. The first-order valence-corrected chi connectivity index (χ1v) is 6.93. The minimum absolute atomic E-state index is 0.151. The number of hydrogen-bond donors (Lipinski definition) is 1. The van der Waals surface area contributed by atoms with E-state index in [0.717, 1.165) is 18.5 Å². The van der Waals surface area contributed by atoms with Gasteiger partial charge in [0.05, 0.1) is 0 Å². The molecule has 0 radical (unpaired) electrons. The van der Waals surface area contributed by atoms with Crippen molar-refractivity contribution in [1.82, 2.24) is 4.90 Å². The maximum Gasteiger partial charge on any atom is 0.328 e. The van der Waals surface area contributed by atoms with E-state index in [1.165, 1.54) is 11.0 Å². The third-order valence-corrected chi connectivity index (χ3v) is 4.39. The second-order valence-electron chi connectivity index (χ2n) is 4.99. The van der Waals surface area contributed by atoms with Gasteiger partial charge in [0.25, 0.3) is 0 Å². The van der Waals surface area contributed by atoms with Crippen molar-refractivity contribution in [3.8, 4) is 0 Å². The fourth-order valence-electron chi connectivity index (χ4n) is 1.49. The first-order chi connectivity index (χ1) is 8.36. The van der Waals surface area contributed by atoms with Crippen LogP contribution >= 0.6 is 11.3 Å². The highest BCUT2D eigenvalue weighted by Gasteiger charge is 2.21. The quantitative estimate of drug-likeness (QED) is 0.802. The Labute approximate surface area is 113 Å². The minimum Gasteiger partial charge on any atom is -0.478 e. The molecule has 3 nitrogen and oxygen atoms in total. The highest BCUT2D eigenvalue weighted by molar-refractivity contribution is 7.10. The number of carboxylic acids is 1. The molecule has 0 aliphatic carbocycles. The Balaban J connectivity index is 2.80. The third kappa shape index (κ3) is 3.96. The normalized spacial score (nSPS) is 12.5. The lowest BCUT2D eigenvalue weighted by atomic mass is 10.00. The summed E-state index contributed by atoms with van der Waals surface area (Å²) >= 11 is 1.67. The van der Waals surface area contributed by atoms with Gasteiger partial charge < -0.3 is 5.11 Å². The SMILES string of the molecule is CCC(C)(C)N(C)Cc1sccc1C=CC(=O)O. The molecule has 1 aromatic rings. The van der Waals surface area contributed by atoms with Gasteiger partial charge in [-0.1, -0.05) is 6.92 Å². The number of carbonyl (C=O) groups is 1. The lowest BCUT2D eigenvalue weighted by Crippen LogP contribution is -2.39. The van der Waals surface area contributed by atoms with Crippen LogP contribution in [0.5, 0.6) is 0 Å². The van der Waals surface area contributed by atoms with Gasteiger partial charge in [-0.3, -0.25) is 4.90 Å². The van der Waals surface area contributed by atoms with Crippen molar-refractivity contribution in [2.75, 3.05) is 7.05 Å². The van der Waals surface area contributed by atoms with Gasteiger partial charge in [-0.05, 0) is 50.4 Å². The van der Waals surface area contributed by atoms with E-state index in [9.17, 15) is 4.79 Å². The van der Waals surface area contributed by atoms with Crippen LogP contribution in [-0.4, -0.2) is 28.6 Å². The molecule has 0 fully saturated rings.